The van der Waals surface area contributed by atoms with Crippen LogP contribution in [0.15, 0.2) is 40.5 Å². The highest BCUT2D eigenvalue weighted by Gasteiger charge is 2.15. The van der Waals surface area contributed by atoms with Crippen LogP contribution in [0.25, 0.3) is 0 Å². The minimum absolute atomic E-state index is 0.0124. The molecule has 0 atom stereocenters. The first kappa shape index (κ1) is 19.7. The van der Waals surface area contributed by atoms with Gasteiger partial charge in [0.1, 0.15) is 11.5 Å². The Kier molecular flexibility index (Phi) is 6.67. The first-order valence-electron chi connectivity index (χ1n) is 6.61. The summed E-state index contributed by atoms with van der Waals surface area (Å²) in [5.74, 6) is -1.29. The predicted molar refractivity (Wildman–Crippen MR) is 79.7 cm³/mol. The number of aromatic nitrogens is 2. The van der Waals surface area contributed by atoms with Crippen LogP contribution in [0.4, 0.5) is 14.0 Å². The van der Waals surface area contributed by atoms with E-state index >= 15 is 0 Å². The van der Waals surface area contributed by atoms with Gasteiger partial charge in [0.15, 0.2) is 13.5 Å². The second-order valence-electron chi connectivity index (χ2n) is 4.62. The van der Waals surface area contributed by atoms with Gasteiger partial charge in [-0.15, -0.1) is 0 Å². The van der Waals surface area contributed by atoms with Gasteiger partial charge in [0.05, 0.1) is 6.20 Å². The Bertz CT molecular complexity index is 823. The van der Waals surface area contributed by atoms with Crippen LogP contribution < -0.4 is 11.2 Å². The molecule has 0 bridgehead atoms. The van der Waals surface area contributed by atoms with Crippen molar-refractivity contribution in [2.24, 2.45) is 0 Å². The van der Waals surface area contributed by atoms with E-state index in [4.69, 9.17) is 0 Å². The average molecular weight is 358 g/mol. The fourth-order valence-corrected chi connectivity index (χ4v) is 1.41. The standard InChI is InChI=1S/C14H15FN2O8/c1-8(2)24-13(20)22-6-16-5-10(15)11(18)17(12(16)19)7-23-14(21)25-9(3)4/h5H,1,3,6-7H2,2,4H3. The largest absolute Gasteiger partial charge is 0.515 e. The molecule has 136 valence electrons. The van der Waals surface area contributed by atoms with Crippen molar-refractivity contribution in [3.05, 3.63) is 57.5 Å². The minimum Gasteiger partial charge on any atom is -0.412 e. The average Bonchev–Trinajstić information content (AvgIpc) is 2.48. The molecule has 0 aliphatic rings. The van der Waals surface area contributed by atoms with E-state index in [0.29, 0.717) is 10.8 Å². The van der Waals surface area contributed by atoms with Gasteiger partial charge in [-0.25, -0.2) is 19.0 Å². The first-order chi connectivity index (χ1) is 11.6. The lowest BCUT2D eigenvalue weighted by Gasteiger charge is -2.11. The van der Waals surface area contributed by atoms with Gasteiger partial charge >= 0.3 is 18.0 Å². The Labute approximate surface area is 140 Å². The van der Waals surface area contributed by atoms with E-state index in [0.717, 1.165) is 0 Å². The number of nitrogens with zero attached hydrogens (tertiary/aromatic N) is 2. The molecule has 0 N–H and O–H groups in total. The number of hydrogen-bond acceptors (Lipinski definition) is 8. The van der Waals surface area contributed by atoms with Crippen LogP contribution in [0.3, 0.4) is 0 Å². The van der Waals surface area contributed by atoms with Gasteiger partial charge < -0.3 is 18.9 Å². The van der Waals surface area contributed by atoms with E-state index in [1.165, 1.54) is 13.8 Å². The van der Waals surface area contributed by atoms with E-state index in [1.807, 2.05) is 0 Å². The third-order valence-corrected chi connectivity index (χ3v) is 2.34. The molecule has 0 unspecified atom stereocenters. The molecule has 0 amide bonds. The summed E-state index contributed by atoms with van der Waals surface area (Å²) in [5, 5.41) is 0. The van der Waals surface area contributed by atoms with Crippen LogP contribution in [-0.4, -0.2) is 21.4 Å². The topological polar surface area (TPSA) is 115 Å². The van der Waals surface area contributed by atoms with Crippen LogP contribution >= 0.6 is 0 Å². The highest BCUT2D eigenvalue weighted by molar-refractivity contribution is 5.61. The second-order valence-corrected chi connectivity index (χ2v) is 4.62. The number of allylic oxidation sites excluding steroid dienone is 2. The molecule has 1 aromatic heterocycles. The maximum absolute atomic E-state index is 13.6. The zero-order valence-electron chi connectivity index (χ0n) is 13.4. The quantitative estimate of drug-likeness (QED) is 0.554. The summed E-state index contributed by atoms with van der Waals surface area (Å²) >= 11 is 0. The smallest absolute Gasteiger partial charge is 0.412 e. The molecule has 0 aliphatic carbocycles. The molecule has 0 aliphatic heterocycles. The second kappa shape index (κ2) is 8.47. The van der Waals surface area contributed by atoms with Gasteiger partial charge in [0.2, 0.25) is 5.82 Å². The minimum atomic E-state index is -1.34. The fourth-order valence-electron chi connectivity index (χ4n) is 1.41. The summed E-state index contributed by atoms with van der Waals surface area (Å²) in [6.07, 6.45) is -1.89. The monoisotopic (exact) mass is 358 g/mol. The summed E-state index contributed by atoms with van der Waals surface area (Å²) in [6.45, 7) is 7.67. The molecule has 0 saturated heterocycles. The van der Waals surface area contributed by atoms with E-state index in [-0.39, 0.29) is 16.1 Å². The van der Waals surface area contributed by atoms with Crippen molar-refractivity contribution in [3.8, 4) is 0 Å². The maximum atomic E-state index is 13.6. The Balaban J connectivity index is 2.94. The zero-order chi connectivity index (χ0) is 19.1. The molecule has 0 radical (unpaired) electrons. The molecule has 1 rings (SSSR count). The molecule has 0 saturated carbocycles. The normalized spacial score (nSPS) is 9.88. The summed E-state index contributed by atoms with van der Waals surface area (Å²) < 4.78 is 32.5. The Morgan fingerprint density at radius 3 is 2.00 bits per heavy atom. The molecule has 25 heavy (non-hydrogen) atoms. The number of rotatable bonds is 6. The summed E-state index contributed by atoms with van der Waals surface area (Å²) in [6, 6.07) is 0. The molecule has 10 nitrogen and oxygen atoms in total. The molecular formula is C14H15FN2O8. The predicted octanol–water partition coefficient (Wildman–Crippen LogP) is 1.44. The van der Waals surface area contributed by atoms with Crippen LogP contribution in [0.2, 0.25) is 0 Å². The van der Waals surface area contributed by atoms with Gasteiger partial charge in [-0.2, -0.15) is 4.39 Å². The van der Waals surface area contributed by atoms with Gasteiger partial charge in [-0.05, 0) is 13.8 Å². The number of ether oxygens (including phenoxy) is 4. The summed E-state index contributed by atoms with van der Waals surface area (Å²) in [5.41, 5.74) is -2.44. The van der Waals surface area contributed by atoms with Crippen LogP contribution in [-0.2, 0) is 32.4 Å². The Morgan fingerprint density at radius 1 is 1.04 bits per heavy atom. The third kappa shape index (κ3) is 5.97. The van der Waals surface area contributed by atoms with Crippen molar-refractivity contribution in [2.75, 3.05) is 0 Å². The van der Waals surface area contributed by atoms with E-state index in [1.54, 1.807) is 0 Å². The van der Waals surface area contributed by atoms with Gasteiger partial charge in [0, 0.05) is 0 Å². The van der Waals surface area contributed by atoms with Crippen LogP contribution in [0.1, 0.15) is 13.8 Å². The summed E-state index contributed by atoms with van der Waals surface area (Å²) in [4.78, 5) is 46.1. The van der Waals surface area contributed by atoms with Crippen LogP contribution in [0.5, 0.6) is 0 Å². The molecule has 0 spiro atoms. The van der Waals surface area contributed by atoms with Crippen molar-refractivity contribution in [1.29, 1.82) is 0 Å². The SMILES string of the molecule is C=C(C)OC(=O)OCn1cc(F)c(=O)n(COC(=O)OC(=C)C)c1=O. The van der Waals surface area contributed by atoms with E-state index in [2.05, 4.69) is 32.1 Å². The molecule has 1 heterocycles. The third-order valence-electron chi connectivity index (χ3n) is 2.34. The van der Waals surface area contributed by atoms with Crippen molar-refractivity contribution < 1.29 is 32.9 Å². The van der Waals surface area contributed by atoms with E-state index in [9.17, 15) is 23.6 Å². The zero-order valence-corrected chi connectivity index (χ0v) is 13.4. The molecular weight excluding hydrogens is 343 g/mol. The van der Waals surface area contributed by atoms with E-state index < -0.39 is 42.8 Å². The highest BCUT2D eigenvalue weighted by Crippen LogP contribution is 1.98. The Morgan fingerprint density at radius 2 is 1.52 bits per heavy atom. The molecule has 0 fully saturated rings. The summed E-state index contributed by atoms with van der Waals surface area (Å²) in [7, 11) is 0. The fraction of sp³-hybridized carbons (Fsp3) is 0.286. The molecule has 0 aromatic carbocycles. The molecule has 1 aromatic rings. The van der Waals surface area contributed by atoms with Crippen molar-refractivity contribution in [2.45, 2.75) is 27.3 Å². The van der Waals surface area contributed by atoms with Crippen molar-refractivity contribution in [1.82, 2.24) is 9.13 Å². The van der Waals surface area contributed by atoms with Gasteiger partial charge in [-0.3, -0.25) is 9.36 Å². The number of carbonyl (C=O) groups is 2. The van der Waals surface area contributed by atoms with Gasteiger partial charge in [-0.1, -0.05) is 13.2 Å². The highest BCUT2D eigenvalue weighted by atomic mass is 19.1. The Hall–Kier alpha value is -3.37. The lowest BCUT2D eigenvalue weighted by atomic mass is 10.6. The van der Waals surface area contributed by atoms with Crippen molar-refractivity contribution >= 4 is 12.3 Å². The maximum Gasteiger partial charge on any atom is 0.515 e. The van der Waals surface area contributed by atoms with Gasteiger partial charge in [0.25, 0.3) is 5.56 Å². The van der Waals surface area contributed by atoms with Crippen molar-refractivity contribution in [3.63, 3.8) is 0 Å². The number of carbonyl (C=O) groups excluding carboxylic acids is 2. The first-order valence-corrected chi connectivity index (χ1v) is 6.61. The van der Waals surface area contributed by atoms with Crippen LogP contribution in [0, 0.1) is 5.82 Å². The number of hydrogen-bond donors (Lipinski definition) is 0. The number of halogens is 1. The lowest BCUT2D eigenvalue weighted by Crippen LogP contribution is -2.42. The molecule has 11 heteroatoms. The lowest BCUT2D eigenvalue weighted by molar-refractivity contribution is 0.0428.